The topological polar surface area (TPSA) is 23.5 Å². The molecule has 0 heterocycles. The van der Waals surface area contributed by atoms with Crippen molar-refractivity contribution >= 4 is 0 Å². The first-order valence-electron chi connectivity index (χ1n) is 5.46. The van der Waals surface area contributed by atoms with Crippen LogP contribution in [0.2, 0.25) is 0 Å². The first kappa shape index (κ1) is 12.9. The van der Waals surface area contributed by atoms with Gasteiger partial charge >= 0.3 is 0 Å². The van der Waals surface area contributed by atoms with Crippen molar-refractivity contribution in [2.45, 2.75) is 46.1 Å². The molecule has 13 heavy (non-hydrogen) atoms. The second-order valence-corrected chi connectivity index (χ2v) is 4.08. The van der Waals surface area contributed by atoms with Gasteiger partial charge in [-0.25, -0.2) is 0 Å². The molecule has 80 valence electrons. The molecule has 0 radical (unpaired) electrons. The Kier molecular flexibility index (Phi) is 7.29. The summed E-state index contributed by atoms with van der Waals surface area (Å²) in [7, 11) is 2.14. The Labute approximate surface area is 82.9 Å². The molecule has 0 bridgehead atoms. The summed E-state index contributed by atoms with van der Waals surface area (Å²) >= 11 is 0. The molecule has 0 fully saturated rings. The molecule has 0 aliphatic rings. The summed E-state index contributed by atoms with van der Waals surface area (Å²) in [6.45, 7) is 8.52. The number of hydrogen-bond donors (Lipinski definition) is 1. The first-order valence-corrected chi connectivity index (χ1v) is 5.46. The van der Waals surface area contributed by atoms with Crippen LogP contribution in [0.4, 0.5) is 0 Å². The number of rotatable bonds is 7. The minimum atomic E-state index is -0.163. The minimum absolute atomic E-state index is 0.163. The molecule has 1 N–H and O–H groups in total. The van der Waals surface area contributed by atoms with E-state index in [1.54, 1.807) is 0 Å². The van der Waals surface area contributed by atoms with E-state index < -0.39 is 0 Å². The third kappa shape index (κ3) is 7.03. The van der Waals surface area contributed by atoms with Gasteiger partial charge in [0.2, 0.25) is 0 Å². The van der Waals surface area contributed by atoms with Gasteiger partial charge in [-0.1, -0.05) is 26.7 Å². The van der Waals surface area contributed by atoms with E-state index >= 15 is 0 Å². The van der Waals surface area contributed by atoms with Gasteiger partial charge in [-0.05, 0) is 26.3 Å². The van der Waals surface area contributed by atoms with E-state index in [2.05, 4.69) is 25.8 Å². The molecule has 1 unspecified atom stereocenters. The van der Waals surface area contributed by atoms with Crippen LogP contribution >= 0.6 is 0 Å². The van der Waals surface area contributed by atoms with Crippen LogP contribution in [-0.2, 0) is 0 Å². The van der Waals surface area contributed by atoms with Gasteiger partial charge in [0, 0.05) is 13.1 Å². The molecule has 0 saturated heterocycles. The monoisotopic (exact) mass is 187 g/mol. The maximum absolute atomic E-state index is 9.12. The zero-order valence-electron chi connectivity index (χ0n) is 9.58. The van der Waals surface area contributed by atoms with Crippen molar-refractivity contribution in [3.63, 3.8) is 0 Å². The summed E-state index contributed by atoms with van der Waals surface area (Å²) in [5.74, 6) is 0.819. The predicted octanol–water partition coefficient (Wildman–Crippen LogP) is 2.13. The highest BCUT2D eigenvalue weighted by Gasteiger charge is 2.07. The molecule has 2 heteroatoms. The van der Waals surface area contributed by atoms with Gasteiger partial charge < -0.3 is 10.0 Å². The van der Waals surface area contributed by atoms with Crippen molar-refractivity contribution in [3.8, 4) is 0 Å². The lowest BCUT2D eigenvalue weighted by Crippen LogP contribution is -2.27. The Morgan fingerprint density at radius 1 is 1.23 bits per heavy atom. The third-order valence-electron chi connectivity index (χ3n) is 2.65. The standard InChI is InChI=1S/C11H25NO/c1-5-11(6-2)9-12(4)8-7-10(3)13/h10-11,13H,5-9H2,1-4H3. The van der Waals surface area contributed by atoms with Crippen molar-refractivity contribution in [2.24, 2.45) is 5.92 Å². The molecule has 1 atom stereocenters. The second kappa shape index (κ2) is 7.34. The van der Waals surface area contributed by atoms with E-state index in [1.807, 2.05) is 6.92 Å². The molecule has 0 aliphatic heterocycles. The SMILES string of the molecule is CCC(CC)CN(C)CCC(C)O. The fourth-order valence-electron chi connectivity index (χ4n) is 1.49. The first-order chi connectivity index (χ1) is 6.10. The third-order valence-corrected chi connectivity index (χ3v) is 2.65. The summed E-state index contributed by atoms with van der Waals surface area (Å²) in [5, 5.41) is 9.12. The molecular weight excluding hydrogens is 162 g/mol. The Balaban J connectivity index is 3.53. The zero-order valence-corrected chi connectivity index (χ0v) is 9.58. The highest BCUT2D eigenvalue weighted by Crippen LogP contribution is 2.09. The quantitative estimate of drug-likeness (QED) is 0.660. The molecule has 0 spiro atoms. The van der Waals surface area contributed by atoms with Crippen LogP contribution in [0.15, 0.2) is 0 Å². The summed E-state index contributed by atoms with van der Waals surface area (Å²) in [6, 6.07) is 0. The molecule has 0 aromatic heterocycles. The van der Waals surface area contributed by atoms with Crippen LogP contribution in [0.5, 0.6) is 0 Å². The van der Waals surface area contributed by atoms with Crippen LogP contribution < -0.4 is 0 Å². The van der Waals surface area contributed by atoms with Gasteiger partial charge in [-0.3, -0.25) is 0 Å². The van der Waals surface area contributed by atoms with Gasteiger partial charge in [0.15, 0.2) is 0 Å². The van der Waals surface area contributed by atoms with Crippen LogP contribution in [0.3, 0.4) is 0 Å². The molecule has 0 amide bonds. The fraction of sp³-hybridized carbons (Fsp3) is 1.00. The lowest BCUT2D eigenvalue weighted by atomic mass is 10.0. The number of hydrogen-bond acceptors (Lipinski definition) is 2. The maximum Gasteiger partial charge on any atom is 0.0524 e. The molecule has 0 aromatic carbocycles. The average Bonchev–Trinajstić information content (AvgIpc) is 2.10. The number of aliphatic hydroxyl groups is 1. The van der Waals surface area contributed by atoms with Crippen molar-refractivity contribution in [2.75, 3.05) is 20.1 Å². The van der Waals surface area contributed by atoms with Crippen LogP contribution in [0, 0.1) is 5.92 Å². The molecule has 0 rings (SSSR count). The van der Waals surface area contributed by atoms with Crippen molar-refractivity contribution in [1.82, 2.24) is 4.90 Å². The van der Waals surface area contributed by atoms with Gasteiger partial charge in [0.25, 0.3) is 0 Å². The molecule has 0 aromatic rings. The van der Waals surface area contributed by atoms with Crippen molar-refractivity contribution in [3.05, 3.63) is 0 Å². The molecule has 2 nitrogen and oxygen atoms in total. The highest BCUT2D eigenvalue weighted by molar-refractivity contribution is 4.61. The Morgan fingerprint density at radius 3 is 2.15 bits per heavy atom. The van der Waals surface area contributed by atoms with Gasteiger partial charge in [0.05, 0.1) is 6.10 Å². The van der Waals surface area contributed by atoms with E-state index in [-0.39, 0.29) is 6.10 Å². The van der Waals surface area contributed by atoms with E-state index in [0.29, 0.717) is 0 Å². The lowest BCUT2D eigenvalue weighted by molar-refractivity contribution is 0.158. The van der Waals surface area contributed by atoms with E-state index in [1.165, 1.54) is 19.4 Å². The van der Waals surface area contributed by atoms with Crippen LogP contribution in [-0.4, -0.2) is 36.2 Å². The Morgan fingerprint density at radius 2 is 1.77 bits per heavy atom. The Hall–Kier alpha value is -0.0800. The van der Waals surface area contributed by atoms with Gasteiger partial charge in [-0.2, -0.15) is 0 Å². The van der Waals surface area contributed by atoms with Crippen molar-refractivity contribution < 1.29 is 5.11 Å². The summed E-state index contributed by atoms with van der Waals surface area (Å²) in [6.07, 6.45) is 3.24. The molecule has 0 saturated carbocycles. The number of nitrogens with zero attached hydrogens (tertiary/aromatic N) is 1. The lowest BCUT2D eigenvalue weighted by Gasteiger charge is -2.22. The fourth-order valence-corrected chi connectivity index (χ4v) is 1.49. The van der Waals surface area contributed by atoms with Crippen LogP contribution in [0.25, 0.3) is 0 Å². The number of aliphatic hydroxyl groups excluding tert-OH is 1. The summed E-state index contributed by atoms with van der Waals surface area (Å²) < 4.78 is 0. The van der Waals surface area contributed by atoms with E-state index in [9.17, 15) is 0 Å². The average molecular weight is 187 g/mol. The second-order valence-electron chi connectivity index (χ2n) is 4.08. The minimum Gasteiger partial charge on any atom is -0.393 e. The van der Waals surface area contributed by atoms with E-state index in [0.717, 1.165) is 18.9 Å². The largest absolute Gasteiger partial charge is 0.393 e. The predicted molar refractivity (Wildman–Crippen MR) is 57.9 cm³/mol. The van der Waals surface area contributed by atoms with Gasteiger partial charge in [-0.15, -0.1) is 0 Å². The Bertz CT molecular complexity index is 111. The highest BCUT2D eigenvalue weighted by atomic mass is 16.3. The van der Waals surface area contributed by atoms with E-state index in [4.69, 9.17) is 5.11 Å². The van der Waals surface area contributed by atoms with Crippen LogP contribution in [0.1, 0.15) is 40.0 Å². The molecule has 0 aliphatic carbocycles. The zero-order chi connectivity index (χ0) is 10.3. The smallest absolute Gasteiger partial charge is 0.0524 e. The summed E-state index contributed by atoms with van der Waals surface area (Å²) in [4.78, 5) is 2.32. The maximum atomic E-state index is 9.12. The summed E-state index contributed by atoms with van der Waals surface area (Å²) in [5.41, 5.74) is 0. The van der Waals surface area contributed by atoms with Gasteiger partial charge in [0.1, 0.15) is 0 Å². The van der Waals surface area contributed by atoms with Crippen molar-refractivity contribution in [1.29, 1.82) is 0 Å². The normalized spacial score (nSPS) is 14.1. The molecular formula is C11H25NO.